The Kier molecular flexibility index (Phi) is 3.98. The Labute approximate surface area is 102 Å². The summed E-state index contributed by atoms with van der Waals surface area (Å²) in [6.45, 7) is 4.36. The number of nitrogens with zero attached hydrogens (tertiary/aromatic N) is 1. The molecule has 1 fully saturated rings. The van der Waals surface area contributed by atoms with Crippen molar-refractivity contribution < 1.29 is 9.53 Å². The van der Waals surface area contributed by atoms with E-state index in [4.69, 9.17) is 4.74 Å². The maximum atomic E-state index is 11.9. The largest absolute Gasteiger partial charge is 0.376 e. The van der Waals surface area contributed by atoms with E-state index >= 15 is 0 Å². The van der Waals surface area contributed by atoms with Crippen molar-refractivity contribution in [3.05, 3.63) is 30.3 Å². The predicted molar refractivity (Wildman–Crippen MR) is 66.9 cm³/mol. The number of amides is 1. The van der Waals surface area contributed by atoms with E-state index in [2.05, 4.69) is 5.32 Å². The van der Waals surface area contributed by atoms with E-state index in [1.165, 1.54) is 0 Å². The predicted octanol–water partition coefficient (Wildman–Crippen LogP) is 1.35. The molecule has 1 heterocycles. The number of hydrogen-bond donors (Lipinski definition) is 1. The minimum absolute atomic E-state index is 0.129. The Morgan fingerprint density at radius 1 is 1.47 bits per heavy atom. The first kappa shape index (κ1) is 11.9. The quantitative estimate of drug-likeness (QED) is 0.858. The standard InChI is InChI=1S/C13H18N2O2/c1-11-10-15(7-8-17-11)13(16)9-14-12-5-3-2-4-6-12/h2-6,11,14H,7-10H2,1H3. The molecule has 92 valence electrons. The topological polar surface area (TPSA) is 41.6 Å². The van der Waals surface area contributed by atoms with Crippen LogP contribution in [0.25, 0.3) is 0 Å². The molecule has 1 aromatic rings. The summed E-state index contributed by atoms with van der Waals surface area (Å²) in [7, 11) is 0. The number of para-hydroxylation sites is 1. The minimum atomic E-state index is 0.129. The Morgan fingerprint density at radius 2 is 2.24 bits per heavy atom. The lowest BCUT2D eigenvalue weighted by Gasteiger charge is -2.31. The molecule has 4 nitrogen and oxygen atoms in total. The molecule has 2 rings (SSSR count). The second kappa shape index (κ2) is 5.68. The van der Waals surface area contributed by atoms with Crippen LogP contribution in [0.1, 0.15) is 6.92 Å². The number of ether oxygens (including phenoxy) is 1. The fourth-order valence-electron chi connectivity index (χ4n) is 1.89. The lowest BCUT2D eigenvalue weighted by molar-refractivity contribution is -0.136. The zero-order valence-electron chi connectivity index (χ0n) is 10.1. The number of anilines is 1. The van der Waals surface area contributed by atoms with E-state index in [-0.39, 0.29) is 12.0 Å². The van der Waals surface area contributed by atoms with Crippen LogP contribution >= 0.6 is 0 Å². The second-order valence-electron chi connectivity index (χ2n) is 4.24. The summed E-state index contributed by atoms with van der Waals surface area (Å²) in [6, 6.07) is 9.76. The monoisotopic (exact) mass is 234 g/mol. The SMILES string of the molecule is CC1CN(C(=O)CNc2ccccc2)CCO1. The van der Waals surface area contributed by atoms with Crippen molar-refractivity contribution in [1.29, 1.82) is 0 Å². The summed E-state index contributed by atoms with van der Waals surface area (Å²) < 4.78 is 5.41. The number of morpholine rings is 1. The molecular formula is C13H18N2O2. The van der Waals surface area contributed by atoms with Gasteiger partial charge in [0, 0.05) is 18.8 Å². The van der Waals surface area contributed by atoms with E-state index in [1.807, 2.05) is 42.2 Å². The van der Waals surface area contributed by atoms with Gasteiger partial charge < -0.3 is 15.0 Å². The molecule has 17 heavy (non-hydrogen) atoms. The zero-order chi connectivity index (χ0) is 12.1. The van der Waals surface area contributed by atoms with Crippen molar-refractivity contribution in [2.45, 2.75) is 13.0 Å². The molecule has 4 heteroatoms. The Balaban J connectivity index is 1.81. The fraction of sp³-hybridized carbons (Fsp3) is 0.462. The third-order valence-corrected chi connectivity index (χ3v) is 2.81. The summed E-state index contributed by atoms with van der Waals surface area (Å²) in [4.78, 5) is 13.8. The molecule has 1 atom stereocenters. The third kappa shape index (κ3) is 3.46. The fourth-order valence-corrected chi connectivity index (χ4v) is 1.89. The molecule has 1 aromatic carbocycles. The first-order chi connectivity index (χ1) is 8.25. The van der Waals surface area contributed by atoms with E-state index < -0.39 is 0 Å². The molecule has 1 N–H and O–H groups in total. The van der Waals surface area contributed by atoms with E-state index in [0.29, 0.717) is 26.2 Å². The second-order valence-corrected chi connectivity index (χ2v) is 4.24. The molecule has 0 aliphatic carbocycles. The van der Waals surface area contributed by atoms with Crippen LogP contribution in [0.4, 0.5) is 5.69 Å². The highest BCUT2D eigenvalue weighted by atomic mass is 16.5. The third-order valence-electron chi connectivity index (χ3n) is 2.81. The zero-order valence-corrected chi connectivity index (χ0v) is 10.1. The van der Waals surface area contributed by atoms with Crippen LogP contribution in [0, 0.1) is 0 Å². The smallest absolute Gasteiger partial charge is 0.242 e. The van der Waals surface area contributed by atoms with E-state index in [0.717, 1.165) is 5.69 Å². The highest BCUT2D eigenvalue weighted by Crippen LogP contribution is 2.07. The Bertz CT molecular complexity index is 367. The first-order valence-corrected chi connectivity index (χ1v) is 5.94. The van der Waals surface area contributed by atoms with Gasteiger partial charge in [0.25, 0.3) is 0 Å². The number of carbonyl (C=O) groups is 1. The number of hydrogen-bond acceptors (Lipinski definition) is 3. The van der Waals surface area contributed by atoms with Gasteiger partial charge in [0.05, 0.1) is 19.3 Å². The number of nitrogens with one attached hydrogen (secondary N) is 1. The van der Waals surface area contributed by atoms with Crippen LogP contribution in [0.5, 0.6) is 0 Å². The van der Waals surface area contributed by atoms with Crippen molar-refractivity contribution in [3.63, 3.8) is 0 Å². The lowest BCUT2D eigenvalue weighted by atomic mass is 10.3. The van der Waals surface area contributed by atoms with Crippen LogP contribution in [-0.2, 0) is 9.53 Å². The molecule has 0 aromatic heterocycles. The molecule has 1 unspecified atom stereocenters. The number of carbonyl (C=O) groups excluding carboxylic acids is 1. The summed E-state index contributed by atoms with van der Waals surface area (Å²) >= 11 is 0. The van der Waals surface area contributed by atoms with Gasteiger partial charge >= 0.3 is 0 Å². The Hall–Kier alpha value is -1.55. The maximum Gasteiger partial charge on any atom is 0.242 e. The first-order valence-electron chi connectivity index (χ1n) is 5.94. The van der Waals surface area contributed by atoms with Gasteiger partial charge in [-0.25, -0.2) is 0 Å². The lowest BCUT2D eigenvalue weighted by Crippen LogP contribution is -2.46. The van der Waals surface area contributed by atoms with Crippen molar-refractivity contribution in [1.82, 2.24) is 4.90 Å². The highest BCUT2D eigenvalue weighted by molar-refractivity contribution is 5.81. The Morgan fingerprint density at radius 3 is 2.94 bits per heavy atom. The van der Waals surface area contributed by atoms with Crippen molar-refractivity contribution in [2.24, 2.45) is 0 Å². The van der Waals surface area contributed by atoms with Gasteiger partial charge in [-0.3, -0.25) is 4.79 Å². The molecular weight excluding hydrogens is 216 g/mol. The molecule has 0 bridgehead atoms. The molecule has 1 saturated heterocycles. The van der Waals surface area contributed by atoms with Gasteiger partial charge in [-0.2, -0.15) is 0 Å². The van der Waals surface area contributed by atoms with Gasteiger partial charge in [-0.1, -0.05) is 18.2 Å². The minimum Gasteiger partial charge on any atom is -0.376 e. The van der Waals surface area contributed by atoms with Crippen molar-refractivity contribution in [3.8, 4) is 0 Å². The van der Waals surface area contributed by atoms with Gasteiger partial charge in [0.15, 0.2) is 0 Å². The molecule has 0 radical (unpaired) electrons. The van der Waals surface area contributed by atoms with Crippen LogP contribution < -0.4 is 5.32 Å². The number of benzene rings is 1. The molecule has 1 amide bonds. The van der Waals surface area contributed by atoms with Crippen molar-refractivity contribution >= 4 is 11.6 Å². The molecule has 0 saturated carbocycles. The molecule has 1 aliphatic rings. The van der Waals surface area contributed by atoms with Crippen LogP contribution in [0.2, 0.25) is 0 Å². The maximum absolute atomic E-state index is 11.9. The molecule has 1 aliphatic heterocycles. The van der Waals surface area contributed by atoms with E-state index in [9.17, 15) is 4.79 Å². The van der Waals surface area contributed by atoms with Gasteiger partial charge in [0.2, 0.25) is 5.91 Å². The van der Waals surface area contributed by atoms with E-state index in [1.54, 1.807) is 0 Å². The van der Waals surface area contributed by atoms with Gasteiger partial charge in [-0.15, -0.1) is 0 Å². The average Bonchev–Trinajstić information content (AvgIpc) is 2.37. The van der Waals surface area contributed by atoms with Gasteiger partial charge in [0.1, 0.15) is 0 Å². The summed E-state index contributed by atoms with van der Waals surface area (Å²) in [5.74, 6) is 0.129. The van der Waals surface area contributed by atoms with Crippen LogP contribution in [-0.4, -0.2) is 43.2 Å². The number of rotatable bonds is 3. The van der Waals surface area contributed by atoms with Crippen LogP contribution in [0.15, 0.2) is 30.3 Å². The summed E-state index contributed by atoms with van der Waals surface area (Å²) in [5.41, 5.74) is 0.974. The van der Waals surface area contributed by atoms with Crippen molar-refractivity contribution in [2.75, 3.05) is 31.6 Å². The van der Waals surface area contributed by atoms with Gasteiger partial charge in [-0.05, 0) is 19.1 Å². The summed E-state index contributed by atoms with van der Waals surface area (Å²) in [6.07, 6.45) is 0.143. The normalized spacial score (nSPS) is 20.1. The summed E-state index contributed by atoms with van der Waals surface area (Å²) in [5, 5.41) is 3.12. The van der Waals surface area contributed by atoms with Crippen LogP contribution in [0.3, 0.4) is 0 Å². The average molecular weight is 234 g/mol. The highest BCUT2D eigenvalue weighted by Gasteiger charge is 2.20. The molecule has 0 spiro atoms.